The summed E-state index contributed by atoms with van der Waals surface area (Å²) in [7, 11) is 0. The minimum atomic E-state index is -1.15. The van der Waals surface area contributed by atoms with Crippen molar-refractivity contribution in [3.63, 3.8) is 0 Å². The molecule has 0 bridgehead atoms. The summed E-state index contributed by atoms with van der Waals surface area (Å²) in [6, 6.07) is -0.703. The van der Waals surface area contributed by atoms with Gasteiger partial charge in [-0.05, 0) is 17.9 Å². The summed E-state index contributed by atoms with van der Waals surface area (Å²) in [4.78, 5) is 2.61. The number of aliphatic hydroxyl groups is 4. The fourth-order valence-corrected chi connectivity index (χ4v) is 2.80. The molecule has 7 nitrogen and oxygen atoms in total. The molecule has 0 heterocycles. The summed E-state index contributed by atoms with van der Waals surface area (Å²) in [6.45, 7) is -0.469. The molecule has 0 aliphatic heterocycles. The first-order valence-electron chi connectivity index (χ1n) is 4.79. The molecule has 0 aromatic carbocycles. The Hall–Kier alpha value is -0.850. The second-order valence-electron chi connectivity index (χ2n) is 4.25. The quantitative estimate of drug-likeness (QED) is 0.266. The van der Waals surface area contributed by atoms with E-state index in [1.807, 2.05) is 0 Å². The Balaban J connectivity index is 2.24. The highest BCUT2D eigenvalue weighted by Crippen LogP contribution is 2.66. The molecular formula is C8H13N3O4. The minimum Gasteiger partial charge on any atom is -0.394 e. The Labute approximate surface area is 85.6 Å². The van der Waals surface area contributed by atoms with Gasteiger partial charge < -0.3 is 20.4 Å². The zero-order chi connectivity index (χ0) is 11.2. The van der Waals surface area contributed by atoms with Crippen LogP contribution in [0.5, 0.6) is 0 Å². The first-order valence-corrected chi connectivity index (χ1v) is 4.79. The second kappa shape index (κ2) is 3.33. The number of hydrogen-bond donors (Lipinski definition) is 4. The summed E-state index contributed by atoms with van der Waals surface area (Å²) < 4.78 is 0. The number of rotatable bonds is 3. The van der Waals surface area contributed by atoms with E-state index >= 15 is 0 Å². The van der Waals surface area contributed by atoms with Gasteiger partial charge in [-0.25, -0.2) is 0 Å². The van der Waals surface area contributed by atoms with Crippen LogP contribution in [-0.4, -0.2) is 51.4 Å². The van der Waals surface area contributed by atoms with Crippen LogP contribution in [0.4, 0.5) is 0 Å². The van der Waals surface area contributed by atoms with Crippen LogP contribution in [0.1, 0.15) is 6.42 Å². The highest BCUT2D eigenvalue weighted by molar-refractivity contribution is 5.24. The predicted molar refractivity (Wildman–Crippen MR) is 48.6 cm³/mol. The molecule has 0 saturated heterocycles. The van der Waals surface area contributed by atoms with E-state index < -0.39 is 36.4 Å². The Bertz CT molecular complexity index is 319. The Morgan fingerprint density at radius 3 is 2.73 bits per heavy atom. The minimum absolute atomic E-state index is 0.236. The van der Waals surface area contributed by atoms with E-state index in [2.05, 4.69) is 10.0 Å². The van der Waals surface area contributed by atoms with Gasteiger partial charge in [0.1, 0.15) is 0 Å². The van der Waals surface area contributed by atoms with Crippen LogP contribution in [0, 0.1) is 11.3 Å². The average molecular weight is 215 g/mol. The molecule has 0 aromatic rings. The van der Waals surface area contributed by atoms with Crippen molar-refractivity contribution < 1.29 is 20.4 Å². The molecule has 4 N–H and O–H groups in total. The molecule has 2 aliphatic carbocycles. The fourth-order valence-electron chi connectivity index (χ4n) is 2.80. The van der Waals surface area contributed by atoms with Gasteiger partial charge in [0.05, 0.1) is 31.0 Å². The zero-order valence-electron chi connectivity index (χ0n) is 7.93. The number of fused-ring (bicyclic) bond motifs is 1. The Kier molecular flexibility index (Phi) is 2.37. The van der Waals surface area contributed by atoms with Gasteiger partial charge in [0, 0.05) is 10.3 Å². The van der Waals surface area contributed by atoms with Gasteiger partial charge in [-0.1, -0.05) is 5.11 Å². The van der Waals surface area contributed by atoms with E-state index in [0.29, 0.717) is 6.42 Å². The maximum Gasteiger partial charge on any atom is 0.0893 e. The van der Waals surface area contributed by atoms with E-state index in [4.69, 9.17) is 10.6 Å². The topological polar surface area (TPSA) is 130 Å². The van der Waals surface area contributed by atoms with Crippen molar-refractivity contribution in [2.45, 2.75) is 30.8 Å². The lowest BCUT2D eigenvalue weighted by Gasteiger charge is -2.25. The van der Waals surface area contributed by atoms with Gasteiger partial charge in [0.25, 0.3) is 0 Å². The van der Waals surface area contributed by atoms with Crippen LogP contribution in [0.15, 0.2) is 5.11 Å². The number of azide groups is 1. The van der Waals surface area contributed by atoms with Crippen LogP contribution >= 0.6 is 0 Å². The SMILES string of the molecule is [N-]=[N+]=N[C@@H]1[C@H](O)[C@@H](O)[C@@]2([C@H](O)CO)C[C@@H]12. The average Bonchev–Trinajstić information content (AvgIpc) is 2.94. The fraction of sp³-hybridized carbons (Fsp3) is 1.00. The zero-order valence-corrected chi connectivity index (χ0v) is 7.93. The first-order chi connectivity index (χ1) is 7.09. The van der Waals surface area contributed by atoms with Crippen LogP contribution in [0.2, 0.25) is 0 Å². The lowest BCUT2D eigenvalue weighted by molar-refractivity contribution is -0.0643. The molecular weight excluding hydrogens is 202 g/mol. The Morgan fingerprint density at radius 1 is 1.53 bits per heavy atom. The number of aliphatic hydroxyl groups excluding tert-OH is 4. The summed E-state index contributed by atoms with van der Waals surface area (Å²) in [5.41, 5.74) is 7.42. The van der Waals surface area contributed by atoms with Crippen molar-refractivity contribution in [1.82, 2.24) is 0 Å². The molecule has 2 aliphatic rings. The maximum atomic E-state index is 9.75. The van der Waals surface area contributed by atoms with Gasteiger partial charge in [-0.3, -0.25) is 0 Å². The van der Waals surface area contributed by atoms with E-state index in [1.54, 1.807) is 0 Å². The third-order valence-electron chi connectivity index (χ3n) is 3.72. The molecule has 2 rings (SSSR count). The third-order valence-corrected chi connectivity index (χ3v) is 3.72. The summed E-state index contributed by atoms with van der Waals surface area (Å²) >= 11 is 0. The van der Waals surface area contributed by atoms with Gasteiger partial charge in [-0.15, -0.1) is 0 Å². The third kappa shape index (κ3) is 1.18. The normalized spacial score (nSPS) is 49.3. The largest absolute Gasteiger partial charge is 0.394 e. The summed E-state index contributed by atoms with van der Waals surface area (Å²) in [5, 5.41) is 41.2. The molecule has 7 heteroatoms. The predicted octanol–water partition coefficient (Wildman–Crippen LogP) is -1.24. The molecule has 0 unspecified atom stereocenters. The van der Waals surface area contributed by atoms with Gasteiger partial charge >= 0.3 is 0 Å². The van der Waals surface area contributed by atoms with Crippen molar-refractivity contribution in [1.29, 1.82) is 0 Å². The van der Waals surface area contributed by atoms with E-state index in [0.717, 1.165) is 0 Å². The standard InChI is InChI=1S/C8H13N3O4/c9-11-10-5-3-1-8(3,4(13)2-12)7(15)6(5)14/h3-7,12-15H,1-2H2/t3-,4+,5-,6-,7+,8-/m0/s1. The number of nitrogens with zero attached hydrogens (tertiary/aromatic N) is 3. The Morgan fingerprint density at radius 2 is 2.20 bits per heavy atom. The molecule has 84 valence electrons. The van der Waals surface area contributed by atoms with Gasteiger partial charge in [-0.2, -0.15) is 0 Å². The molecule has 0 spiro atoms. The summed E-state index contributed by atoms with van der Waals surface area (Å²) in [5.74, 6) is -0.236. The summed E-state index contributed by atoms with van der Waals surface area (Å²) in [6.07, 6.45) is -2.90. The van der Waals surface area contributed by atoms with Crippen molar-refractivity contribution in [3.05, 3.63) is 10.4 Å². The molecule has 2 fully saturated rings. The smallest absolute Gasteiger partial charge is 0.0893 e. The molecule has 6 atom stereocenters. The highest BCUT2D eigenvalue weighted by Gasteiger charge is 2.73. The van der Waals surface area contributed by atoms with E-state index in [-0.39, 0.29) is 5.92 Å². The number of hydrogen-bond acceptors (Lipinski definition) is 5. The van der Waals surface area contributed by atoms with Gasteiger partial charge in [0.2, 0.25) is 0 Å². The van der Waals surface area contributed by atoms with Crippen LogP contribution in [-0.2, 0) is 0 Å². The van der Waals surface area contributed by atoms with Crippen molar-refractivity contribution in [2.75, 3.05) is 6.61 Å². The second-order valence-corrected chi connectivity index (χ2v) is 4.25. The molecule has 15 heavy (non-hydrogen) atoms. The van der Waals surface area contributed by atoms with Crippen LogP contribution < -0.4 is 0 Å². The monoisotopic (exact) mass is 215 g/mol. The first kappa shape index (κ1) is 10.7. The van der Waals surface area contributed by atoms with Crippen molar-refractivity contribution in [3.8, 4) is 0 Å². The van der Waals surface area contributed by atoms with E-state index in [9.17, 15) is 15.3 Å². The molecule has 2 saturated carbocycles. The van der Waals surface area contributed by atoms with E-state index in [1.165, 1.54) is 0 Å². The molecule has 0 radical (unpaired) electrons. The lowest BCUT2D eigenvalue weighted by atomic mass is 9.93. The van der Waals surface area contributed by atoms with Crippen LogP contribution in [0.25, 0.3) is 10.4 Å². The lowest BCUT2D eigenvalue weighted by Crippen LogP contribution is -2.41. The van der Waals surface area contributed by atoms with Crippen LogP contribution in [0.3, 0.4) is 0 Å². The van der Waals surface area contributed by atoms with Gasteiger partial charge in [0.15, 0.2) is 0 Å². The van der Waals surface area contributed by atoms with Crippen molar-refractivity contribution in [2.24, 2.45) is 16.4 Å². The van der Waals surface area contributed by atoms with Crippen molar-refractivity contribution >= 4 is 0 Å². The highest BCUT2D eigenvalue weighted by atomic mass is 16.3. The maximum absolute atomic E-state index is 9.75. The molecule has 0 amide bonds. The molecule has 0 aromatic heterocycles.